The van der Waals surface area contributed by atoms with Crippen LogP contribution in [0.1, 0.15) is 19.3 Å². The maximum Gasteiger partial charge on any atom is 0.342 e. The molecule has 4 N–H and O–H groups in total. The zero-order valence-corrected chi connectivity index (χ0v) is 9.60. The Bertz CT molecular complexity index is 549. The average molecular weight is 254 g/mol. The van der Waals surface area contributed by atoms with Crippen molar-refractivity contribution in [1.82, 2.24) is 15.2 Å². The maximum atomic E-state index is 11.3. The Morgan fingerprint density at radius 2 is 2.22 bits per heavy atom. The molecule has 0 bridgehead atoms. The summed E-state index contributed by atoms with van der Waals surface area (Å²) in [6.07, 6.45) is 2.35. The molecule has 0 aromatic carbocycles. The number of nitrogens with zero attached hydrogens (tertiary/aromatic N) is 1. The van der Waals surface area contributed by atoms with Gasteiger partial charge in [-0.05, 0) is 18.8 Å². The number of anilines is 1. The van der Waals surface area contributed by atoms with Gasteiger partial charge < -0.3 is 10.4 Å². The Morgan fingerprint density at radius 1 is 1.44 bits per heavy atom. The standard InChI is InChI=1S/C10H14N4O4/c15-8-7(13-14-10(18)12-8)11-4-5-2-1-3-6(5)9(16)17/h5-6H,1-4H2,(H,11,13)(H,16,17)(H2,12,14,15,18). The van der Waals surface area contributed by atoms with Crippen LogP contribution in [0.3, 0.4) is 0 Å². The van der Waals surface area contributed by atoms with Crippen LogP contribution in [0.5, 0.6) is 0 Å². The van der Waals surface area contributed by atoms with Crippen LogP contribution in [0, 0.1) is 11.8 Å². The van der Waals surface area contributed by atoms with E-state index < -0.39 is 17.2 Å². The van der Waals surface area contributed by atoms with Crippen molar-refractivity contribution < 1.29 is 9.90 Å². The SMILES string of the molecule is O=C(O)C1CCCC1CNc1n[nH]c(=O)[nH]c1=O. The second-order valence-electron chi connectivity index (χ2n) is 4.37. The number of aromatic nitrogens is 3. The third kappa shape index (κ3) is 2.58. The van der Waals surface area contributed by atoms with Gasteiger partial charge in [0.05, 0.1) is 5.92 Å². The number of hydrogen-bond donors (Lipinski definition) is 4. The van der Waals surface area contributed by atoms with Gasteiger partial charge in [-0.1, -0.05) is 6.42 Å². The predicted molar refractivity (Wildman–Crippen MR) is 62.4 cm³/mol. The molecule has 8 nitrogen and oxygen atoms in total. The number of aliphatic carboxylic acids is 1. The molecule has 2 atom stereocenters. The summed E-state index contributed by atoms with van der Waals surface area (Å²) in [7, 11) is 0. The molecule has 1 saturated carbocycles. The molecule has 1 aliphatic carbocycles. The van der Waals surface area contributed by atoms with Gasteiger partial charge in [-0.15, -0.1) is 5.10 Å². The van der Waals surface area contributed by atoms with E-state index in [2.05, 4.69) is 15.5 Å². The van der Waals surface area contributed by atoms with Crippen molar-refractivity contribution >= 4 is 11.8 Å². The minimum atomic E-state index is -0.803. The minimum Gasteiger partial charge on any atom is -0.481 e. The van der Waals surface area contributed by atoms with Gasteiger partial charge in [-0.2, -0.15) is 0 Å². The number of aromatic amines is 2. The fourth-order valence-electron chi connectivity index (χ4n) is 2.30. The highest BCUT2D eigenvalue weighted by molar-refractivity contribution is 5.70. The van der Waals surface area contributed by atoms with E-state index in [4.69, 9.17) is 5.11 Å². The smallest absolute Gasteiger partial charge is 0.342 e. The normalized spacial score (nSPS) is 22.9. The molecule has 1 aromatic heterocycles. The number of rotatable bonds is 4. The second kappa shape index (κ2) is 5.03. The lowest BCUT2D eigenvalue weighted by Crippen LogP contribution is -2.30. The first kappa shape index (κ1) is 12.3. The molecule has 8 heteroatoms. The van der Waals surface area contributed by atoms with Gasteiger partial charge in [-0.3, -0.25) is 14.6 Å². The van der Waals surface area contributed by atoms with E-state index in [1.165, 1.54) is 0 Å². The number of hydrogen-bond acceptors (Lipinski definition) is 5. The topological polar surface area (TPSA) is 128 Å². The van der Waals surface area contributed by atoms with Crippen molar-refractivity contribution in [3.05, 3.63) is 20.8 Å². The van der Waals surface area contributed by atoms with E-state index >= 15 is 0 Å². The molecular weight excluding hydrogens is 240 g/mol. The van der Waals surface area contributed by atoms with Crippen LogP contribution < -0.4 is 16.6 Å². The quantitative estimate of drug-likeness (QED) is 0.566. The van der Waals surface area contributed by atoms with Crippen LogP contribution in [0.25, 0.3) is 0 Å². The molecule has 2 rings (SSSR count). The summed E-state index contributed by atoms with van der Waals surface area (Å²) in [4.78, 5) is 35.1. The highest BCUT2D eigenvalue weighted by atomic mass is 16.4. The van der Waals surface area contributed by atoms with Crippen molar-refractivity contribution in [3.8, 4) is 0 Å². The van der Waals surface area contributed by atoms with Gasteiger partial charge in [0.15, 0.2) is 0 Å². The lowest BCUT2D eigenvalue weighted by atomic mass is 9.96. The van der Waals surface area contributed by atoms with Crippen LogP contribution in [0.4, 0.5) is 5.82 Å². The van der Waals surface area contributed by atoms with E-state index in [9.17, 15) is 14.4 Å². The first-order valence-electron chi connectivity index (χ1n) is 5.73. The summed E-state index contributed by atoms with van der Waals surface area (Å²) in [5, 5.41) is 17.5. The number of nitrogens with one attached hydrogen (secondary N) is 3. The Hall–Kier alpha value is -2.12. The summed E-state index contributed by atoms with van der Waals surface area (Å²) >= 11 is 0. The van der Waals surface area contributed by atoms with E-state index in [1.807, 2.05) is 4.98 Å². The van der Waals surface area contributed by atoms with Crippen LogP contribution in [0.15, 0.2) is 9.59 Å². The van der Waals surface area contributed by atoms with Crippen LogP contribution in [-0.2, 0) is 4.79 Å². The van der Waals surface area contributed by atoms with E-state index in [0.717, 1.165) is 12.8 Å². The van der Waals surface area contributed by atoms with Gasteiger partial charge in [0.2, 0.25) is 5.82 Å². The predicted octanol–water partition coefficient (Wildman–Crippen LogP) is -0.629. The average Bonchev–Trinajstić information content (AvgIpc) is 2.76. The molecular formula is C10H14N4O4. The minimum absolute atomic E-state index is 0.00522. The summed E-state index contributed by atoms with van der Waals surface area (Å²) < 4.78 is 0. The molecule has 1 fully saturated rings. The Labute approximate surface area is 101 Å². The van der Waals surface area contributed by atoms with Gasteiger partial charge in [0, 0.05) is 6.54 Å². The third-order valence-corrected chi connectivity index (χ3v) is 3.22. The molecule has 0 radical (unpaired) electrons. The summed E-state index contributed by atoms with van der Waals surface area (Å²) in [5.74, 6) is -1.19. The number of carboxylic acids is 1. The fourth-order valence-corrected chi connectivity index (χ4v) is 2.30. The van der Waals surface area contributed by atoms with E-state index in [-0.39, 0.29) is 17.7 Å². The van der Waals surface area contributed by atoms with Crippen LogP contribution >= 0.6 is 0 Å². The highest BCUT2D eigenvalue weighted by Crippen LogP contribution is 2.31. The van der Waals surface area contributed by atoms with Crippen molar-refractivity contribution in [2.75, 3.05) is 11.9 Å². The van der Waals surface area contributed by atoms with Crippen molar-refractivity contribution in [2.45, 2.75) is 19.3 Å². The molecule has 0 amide bonds. The van der Waals surface area contributed by atoms with Crippen LogP contribution in [-0.4, -0.2) is 32.8 Å². The van der Waals surface area contributed by atoms with Crippen LogP contribution in [0.2, 0.25) is 0 Å². The molecule has 18 heavy (non-hydrogen) atoms. The van der Waals surface area contributed by atoms with Gasteiger partial charge in [0.1, 0.15) is 0 Å². The summed E-state index contributed by atoms with van der Waals surface area (Å²) in [5.41, 5.74) is -1.28. The van der Waals surface area contributed by atoms with Gasteiger partial charge in [-0.25, -0.2) is 9.89 Å². The Balaban J connectivity index is 2.01. The number of carbonyl (C=O) groups is 1. The first-order valence-corrected chi connectivity index (χ1v) is 5.73. The first-order chi connectivity index (χ1) is 8.58. The monoisotopic (exact) mass is 254 g/mol. The Morgan fingerprint density at radius 3 is 2.89 bits per heavy atom. The highest BCUT2D eigenvalue weighted by Gasteiger charge is 2.32. The van der Waals surface area contributed by atoms with Crippen molar-refractivity contribution in [1.29, 1.82) is 0 Å². The molecule has 1 heterocycles. The molecule has 2 unspecified atom stereocenters. The fraction of sp³-hybridized carbons (Fsp3) is 0.600. The van der Waals surface area contributed by atoms with E-state index in [1.54, 1.807) is 0 Å². The zero-order chi connectivity index (χ0) is 13.1. The zero-order valence-electron chi connectivity index (χ0n) is 9.60. The second-order valence-corrected chi connectivity index (χ2v) is 4.37. The van der Waals surface area contributed by atoms with Gasteiger partial charge >= 0.3 is 11.7 Å². The molecule has 1 aromatic rings. The molecule has 0 spiro atoms. The summed E-state index contributed by atoms with van der Waals surface area (Å²) in [6, 6.07) is 0. The number of carboxylic acid groups (broad SMARTS) is 1. The molecule has 0 aliphatic heterocycles. The number of H-pyrrole nitrogens is 2. The molecule has 0 saturated heterocycles. The van der Waals surface area contributed by atoms with Gasteiger partial charge in [0.25, 0.3) is 5.56 Å². The van der Waals surface area contributed by atoms with Crippen molar-refractivity contribution in [2.24, 2.45) is 11.8 Å². The Kier molecular flexibility index (Phi) is 3.45. The molecule has 1 aliphatic rings. The molecule has 98 valence electrons. The summed E-state index contributed by atoms with van der Waals surface area (Å²) in [6.45, 7) is 0.360. The van der Waals surface area contributed by atoms with E-state index in [0.29, 0.717) is 13.0 Å². The lowest BCUT2D eigenvalue weighted by molar-refractivity contribution is -0.142. The lowest BCUT2D eigenvalue weighted by Gasteiger charge is -2.15. The largest absolute Gasteiger partial charge is 0.481 e. The third-order valence-electron chi connectivity index (χ3n) is 3.22. The maximum absolute atomic E-state index is 11.3. The van der Waals surface area contributed by atoms with Crippen molar-refractivity contribution in [3.63, 3.8) is 0 Å².